The Hall–Kier alpha value is -4.96. The highest BCUT2D eigenvalue weighted by molar-refractivity contribution is 6.01. The van der Waals surface area contributed by atoms with Crippen LogP contribution in [0.2, 0.25) is 0 Å². The van der Waals surface area contributed by atoms with Crippen molar-refractivity contribution < 1.29 is 8.78 Å². The van der Waals surface area contributed by atoms with Crippen LogP contribution in [0.25, 0.3) is 55.7 Å². The summed E-state index contributed by atoms with van der Waals surface area (Å²) in [6.07, 6.45) is 1.56. The number of nitrogens with zero attached hydrogens (tertiary/aromatic N) is 2. The van der Waals surface area contributed by atoms with Crippen LogP contribution in [-0.4, -0.2) is 9.13 Å². The summed E-state index contributed by atoms with van der Waals surface area (Å²) in [6, 6.07) is 37.7. The van der Waals surface area contributed by atoms with Crippen LogP contribution in [0.1, 0.15) is 37.5 Å². The molecule has 0 saturated heterocycles. The van der Waals surface area contributed by atoms with Crippen molar-refractivity contribution in [3.8, 4) is 33.9 Å². The fourth-order valence-electron chi connectivity index (χ4n) is 6.99. The second-order valence-electron chi connectivity index (χ2n) is 12.9. The average Bonchev–Trinajstić information content (AvgIpc) is 3.53. The van der Waals surface area contributed by atoms with Gasteiger partial charge >= 0.3 is 0 Å². The normalized spacial score (nSPS) is 12.9. The lowest BCUT2D eigenvalue weighted by atomic mass is 9.85. The molecule has 2 nitrogen and oxygen atoms in total. The van der Waals surface area contributed by atoms with Gasteiger partial charge in [0.25, 0.3) is 0 Å². The Morgan fingerprint density at radius 3 is 1.84 bits per heavy atom. The number of halogens is 2. The summed E-state index contributed by atoms with van der Waals surface area (Å²) in [4.78, 5) is 0. The summed E-state index contributed by atoms with van der Waals surface area (Å²) < 4.78 is 34.3. The predicted octanol–water partition coefficient (Wildman–Crippen LogP) is 10.6. The number of fused-ring (bicyclic) bond motifs is 7. The Labute approximate surface area is 255 Å². The van der Waals surface area contributed by atoms with E-state index in [4.69, 9.17) is 0 Å². The number of hydrogen-bond donors (Lipinski definition) is 0. The SMILES string of the molecule is CC(C)(C)c1cc(-c2ccccc2)cc(-n2c3c(c4cc(F)ccc42)CCc2c-3n(-c3ccccc3)c3cc(F)ccc23)c1. The molecule has 0 saturated carbocycles. The smallest absolute Gasteiger partial charge is 0.125 e. The fourth-order valence-corrected chi connectivity index (χ4v) is 6.99. The molecular weight excluding hydrogens is 546 g/mol. The monoisotopic (exact) mass is 578 g/mol. The molecule has 44 heavy (non-hydrogen) atoms. The van der Waals surface area contributed by atoms with Crippen LogP contribution in [0.3, 0.4) is 0 Å². The van der Waals surface area contributed by atoms with E-state index in [1.54, 1.807) is 24.3 Å². The van der Waals surface area contributed by atoms with Gasteiger partial charge in [0.15, 0.2) is 0 Å². The van der Waals surface area contributed by atoms with E-state index in [1.807, 2.05) is 36.4 Å². The van der Waals surface area contributed by atoms with Crippen LogP contribution < -0.4 is 0 Å². The summed E-state index contributed by atoms with van der Waals surface area (Å²) in [6.45, 7) is 6.71. The van der Waals surface area contributed by atoms with Gasteiger partial charge in [-0.1, -0.05) is 75.4 Å². The van der Waals surface area contributed by atoms with E-state index < -0.39 is 0 Å². The van der Waals surface area contributed by atoms with Crippen molar-refractivity contribution in [3.05, 3.63) is 144 Å². The Morgan fingerprint density at radius 2 is 1.14 bits per heavy atom. The van der Waals surface area contributed by atoms with Gasteiger partial charge in [0.2, 0.25) is 0 Å². The second-order valence-corrected chi connectivity index (χ2v) is 12.9. The van der Waals surface area contributed by atoms with Crippen molar-refractivity contribution in [2.75, 3.05) is 0 Å². The molecule has 0 fully saturated rings. The molecule has 1 aliphatic rings. The quantitative estimate of drug-likeness (QED) is 0.197. The molecule has 0 unspecified atom stereocenters. The van der Waals surface area contributed by atoms with E-state index in [9.17, 15) is 8.78 Å². The molecule has 0 bridgehead atoms. The molecule has 0 N–H and O–H groups in total. The lowest BCUT2D eigenvalue weighted by Gasteiger charge is -2.24. The Kier molecular flexibility index (Phi) is 5.93. The second kappa shape index (κ2) is 9.78. The van der Waals surface area contributed by atoms with Crippen LogP contribution in [-0.2, 0) is 18.3 Å². The van der Waals surface area contributed by atoms with Crippen molar-refractivity contribution in [1.29, 1.82) is 0 Å². The zero-order valence-corrected chi connectivity index (χ0v) is 25.0. The number of aryl methyl sites for hydroxylation is 2. The summed E-state index contributed by atoms with van der Waals surface area (Å²) in [5, 5.41) is 1.97. The van der Waals surface area contributed by atoms with Crippen molar-refractivity contribution in [3.63, 3.8) is 0 Å². The van der Waals surface area contributed by atoms with Crippen molar-refractivity contribution in [1.82, 2.24) is 9.13 Å². The summed E-state index contributed by atoms with van der Waals surface area (Å²) in [5.41, 5.74) is 11.6. The van der Waals surface area contributed by atoms with Gasteiger partial charge in [-0.25, -0.2) is 8.78 Å². The highest BCUT2D eigenvalue weighted by Gasteiger charge is 2.32. The Morgan fingerprint density at radius 1 is 0.523 bits per heavy atom. The Bertz CT molecular complexity index is 2210. The summed E-state index contributed by atoms with van der Waals surface area (Å²) >= 11 is 0. The number of para-hydroxylation sites is 1. The third-order valence-electron chi connectivity index (χ3n) is 9.08. The molecule has 4 heteroatoms. The topological polar surface area (TPSA) is 9.86 Å². The van der Waals surface area contributed by atoms with Gasteiger partial charge < -0.3 is 9.13 Å². The summed E-state index contributed by atoms with van der Waals surface area (Å²) in [7, 11) is 0. The first kappa shape index (κ1) is 26.7. The van der Waals surface area contributed by atoms with Gasteiger partial charge in [0, 0.05) is 22.1 Å². The largest absolute Gasteiger partial charge is 0.307 e. The molecule has 0 amide bonds. The standard InChI is InChI=1S/C40H32F2N2/c1-40(2,3)27-20-26(25-10-6-4-7-11-25)21-31(22-27)44-36-19-15-28(41)23-35(36)34-18-17-33-32-16-14-29(42)24-37(32)43(38(33)39(34)44)30-12-8-5-9-13-30/h4-16,19-24H,17-18H2,1-3H3. The fraction of sp³-hybridized carbons (Fsp3) is 0.150. The van der Waals surface area contributed by atoms with Crippen LogP contribution in [0.5, 0.6) is 0 Å². The number of hydrogen-bond acceptors (Lipinski definition) is 0. The highest BCUT2D eigenvalue weighted by Crippen LogP contribution is 2.47. The van der Waals surface area contributed by atoms with Gasteiger partial charge in [0.1, 0.15) is 11.6 Å². The zero-order valence-electron chi connectivity index (χ0n) is 25.0. The minimum Gasteiger partial charge on any atom is -0.307 e. The molecule has 1 aliphatic carbocycles. The predicted molar refractivity (Wildman–Crippen MR) is 177 cm³/mol. The van der Waals surface area contributed by atoms with Gasteiger partial charge in [0.05, 0.1) is 22.4 Å². The molecule has 0 aliphatic heterocycles. The molecule has 2 heterocycles. The van der Waals surface area contributed by atoms with E-state index in [0.717, 1.165) is 74.1 Å². The maximum atomic E-state index is 14.9. The molecule has 8 rings (SSSR count). The van der Waals surface area contributed by atoms with E-state index >= 15 is 0 Å². The molecule has 216 valence electrons. The lowest BCUT2D eigenvalue weighted by Crippen LogP contribution is -2.13. The molecular formula is C40H32F2N2. The first-order valence-corrected chi connectivity index (χ1v) is 15.2. The maximum Gasteiger partial charge on any atom is 0.125 e. The van der Waals surface area contributed by atoms with Crippen LogP contribution in [0, 0.1) is 11.6 Å². The van der Waals surface area contributed by atoms with Gasteiger partial charge in [-0.3, -0.25) is 0 Å². The van der Waals surface area contributed by atoms with Crippen LogP contribution in [0.15, 0.2) is 115 Å². The van der Waals surface area contributed by atoms with Crippen molar-refractivity contribution in [2.45, 2.75) is 39.0 Å². The first-order valence-electron chi connectivity index (χ1n) is 15.2. The molecule has 7 aromatic rings. The third-order valence-corrected chi connectivity index (χ3v) is 9.08. The van der Waals surface area contributed by atoms with Crippen molar-refractivity contribution >= 4 is 21.8 Å². The minimum absolute atomic E-state index is 0.101. The number of rotatable bonds is 3. The van der Waals surface area contributed by atoms with Crippen LogP contribution in [0.4, 0.5) is 8.78 Å². The number of benzene rings is 5. The minimum atomic E-state index is -0.266. The van der Waals surface area contributed by atoms with Gasteiger partial charge in [-0.05, 0) is 107 Å². The average molecular weight is 579 g/mol. The van der Waals surface area contributed by atoms with E-state index in [1.165, 1.54) is 11.1 Å². The van der Waals surface area contributed by atoms with Crippen LogP contribution >= 0.6 is 0 Å². The van der Waals surface area contributed by atoms with E-state index in [-0.39, 0.29) is 17.0 Å². The molecule has 0 spiro atoms. The van der Waals surface area contributed by atoms with E-state index in [0.29, 0.717) is 0 Å². The maximum absolute atomic E-state index is 14.9. The third kappa shape index (κ3) is 4.12. The molecule has 0 radical (unpaired) electrons. The zero-order chi connectivity index (χ0) is 30.2. The number of aromatic nitrogens is 2. The Balaban J connectivity index is 1.53. The molecule has 2 aromatic heterocycles. The van der Waals surface area contributed by atoms with Gasteiger partial charge in [-0.15, -0.1) is 0 Å². The van der Waals surface area contributed by atoms with Crippen molar-refractivity contribution in [2.24, 2.45) is 0 Å². The van der Waals surface area contributed by atoms with Gasteiger partial charge in [-0.2, -0.15) is 0 Å². The summed E-state index contributed by atoms with van der Waals surface area (Å²) in [5.74, 6) is -0.514. The lowest BCUT2D eigenvalue weighted by molar-refractivity contribution is 0.590. The molecule has 0 atom stereocenters. The highest BCUT2D eigenvalue weighted by atomic mass is 19.1. The first-order chi connectivity index (χ1) is 21.3. The van der Waals surface area contributed by atoms with E-state index in [2.05, 4.69) is 84.5 Å². The molecule has 5 aromatic carbocycles.